The molecule has 0 aromatic heterocycles. The number of nitrogens with one attached hydrogen (secondary N) is 1. The molecule has 1 aromatic carbocycles. The summed E-state index contributed by atoms with van der Waals surface area (Å²) in [4.78, 5) is 22.7. The van der Waals surface area contributed by atoms with Crippen molar-refractivity contribution in [2.75, 3.05) is 5.32 Å². The molecule has 116 valence electrons. The van der Waals surface area contributed by atoms with Gasteiger partial charge in [0.1, 0.15) is 0 Å². The van der Waals surface area contributed by atoms with Gasteiger partial charge in [-0.05, 0) is 12.5 Å². The molecule has 0 saturated carbocycles. The van der Waals surface area contributed by atoms with Crippen molar-refractivity contribution in [3.8, 4) is 0 Å². The molecule has 0 aliphatic heterocycles. The highest BCUT2D eigenvalue weighted by atomic mass is 16.4. The van der Waals surface area contributed by atoms with Crippen LogP contribution in [-0.4, -0.2) is 11.9 Å². The fourth-order valence-electron chi connectivity index (χ4n) is 2.23. The lowest BCUT2D eigenvalue weighted by molar-refractivity contribution is -0.254. The number of rotatable bonds is 10. The normalized spacial score (nSPS) is 10.3. The van der Waals surface area contributed by atoms with Gasteiger partial charge in [-0.1, -0.05) is 63.6 Å². The number of unbranched alkanes of at least 4 members (excludes halogenated alkanes) is 6. The molecule has 0 unspecified atom stereocenters. The zero-order valence-electron chi connectivity index (χ0n) is 12.7. The molecule has 0 aliphatic carbocycles. The maximum Gasteiger partial charge on any atom is 0.224 e. The van der Waals surface area contributed by atoms with Crippen molar-refractivity contribution >= 4 is 17.6 Å². The third kappa shape index (κ3) is 6.93. The lowest BCUT2D eigenvalue weighted by Gasteiger charge is -2.11. The summed E-state index contributed by atoms with van der Waals surface area (Å²) < 4.78 is 0. The third-order valence-electron chi connectivity index (χ3n) is 3.43. The van der Waals surface area contributed by atoms with Crippen LogP contribution in [0.4, 0.5) is 5.69 Å². The van der Waals surface area contributed by atoms with E-state index in [2.05, 4.69) is 12.2 Å². The summed E-state index contributed by atoms with van der Waals surface area (Å²) in [5, 5.41) is 13.6. The molecular formula is C17H24NO3-. The smallest absolute Gasteiger partial charge is 0.224 e. The number of para-hydroxylation sites is 1. The highest BCUT2D eigenvalue weighted by Gasteiger charge is 2.06. The quantitative estimate of drug-likeness (QED) is 0.673. The molecular weight excluding hydrogens is 266 g/mol. The standard InChI is InChI=1S/C17H25NO3/c1-2-3-4-5-6-7-8-13-16(19)18-15-12-10-9-11-14(15)17(20)21/h9-12H,2-8,13H2,1H3,(H,18,19)(H,20,21)/p-1. The molecule has 1 amide bonds. The third-order valence-corrected chi connectivity index (χ3v) is 3.43. The molecule has 0 bridgehead atoms. The zero-order chi connectivity index (χ0) is 15.5. The number of carboxylic acid groups (broad SMARTS) is 1. The van der Waals surface area contributed by atoms with Gasteiger partial charge >= 0.3 is 0 Å². The average Bonchev–Trinajstić information content (AvgIpc) is 2.46. The minimum Gasteiger partial charge on any atom is -0.545 e. The van der Waals surface area contributed by atoms with E-state index >= 15 is 0 Å². The fourth-order valence-corrected chi connectivity index (χ4v) is 2.23. The molecule has 0 radical (unpaired) electrons. The van der Waals surface area contributed by atoms with Crippen molar-refractivity contribution in [2.24, 2.45) is 0 Å². The van der Waals surface area contributed by atoms with Crippen molar-refractivity contribution in [3.63, 3.8) is 0 Å². The van der Waals surface area contributed by atoms with Gasteiger partial charge in [-0.3, -0.25) is 4.79 Å². The van der Waals surface area contributed by atoms with Gasteiger partial charge in [0.25, 0.3) is 0 Å². The predicted molar refractivity (Wildman–Crippen MR) is 82.0 cm³/mol. The number of carbonyl (C=O) groups excluding carboxylic acids is 2. The van der Waals surface area contributed by atoms with E-state index in [0.29, 0.717) is 12.1 Å². The Hall–Kier alpha value is -1.84. The van der Waals surface area contributed by atoms with Gasteiger partial charge in [-0.15, -0.1) is 0 Å². The molecule has 0 aliphatic rings. The van der Waals surface area contributed by atoms with Crippen molar-refractivity contribution in [1.29, 1.82) is 0 Å². The van der Waals surface area contributed by atoms with Crippen LogP contribution in [0.2, 0.25) is 0 Å². The van der Waals surface area contributed by atoms with Crippen LogP contribution in [0.1, 0.15) is 68.6 Å². The van der Waals surface area contributed by atoms with E-state index in [9.17, 15) is 14.7 Å². The van der Waals surface area contributed by atoms with Crippen LogP contribution >= 0.6 is 0 Å². The molecule has 1 N–H and O–H groups in total. The second kappa shape index (κ2) is 9.97. The van der Waals surface area contributed by atoms with Crippen molar-refractivity contribution in [2.45, 2.75) is 58.3 Å². The Morgan fingerprint density at radius 3 is 2.29 bits per heavy atom. The van der Waals surface area contributed by atoms with E-state index < -0.39 is 5.97 Å². The Balaban J connectivity index is 2.27. The first-order valence-corrected chi connectivity index (χ1v) is 7.75. The summed E-state index contributed by atoms with van der Waals surface area (Å²) in [7, 11) is 0. The molecule has 0 spiro atoms. The fraction of sp³-hybridized carbons (Fsp3) is 0.529. The summed E-state index contributed by atoms with van der Waals surface area (Å²) >= 11 is 0. The number of benzene rings is 1. The molecule has 0 saturated heterocycles. The van der Waals surface area contributed by atoms with E-state index in [1.54, 1.807) is 18.2 Å². The van der Waals surface area contributed by atoms with Gasteiger partial charge in [0, 0.05) is 17.7 Å². The highest BCUT2D eigenvalue weighted by molar-refractivity contribution is 5.99. The summed E-state index contributed by atoms with van der Waals surface area (Å²) in [6.45, 7) is 2.19. The molecule has 0 fully saturated rings. The largest absolute Gasteiger partial charge is 0.545 e. The molecule has 1 aromatic rings. The average molecular weight is 290 g/mol. The summed E-state index contributed by atoms with van der Waals surface area (Å²) in [6.07, 6.45) is 8.47. The Morgan fingerprint density at radius 1 is 1.00 bits per heavy atom. The Bertz CT molecular complexity index is 457. The van der Waals surface area contributed by atoms with Crippen molar-refractivity contribution < 1.29 is 14.7 Å². The number of carboxylic acids is 1. The first kappa shape index (κ1) is 17.2. The van der Waals surface area contributed by atoms with Gasteiger partial charge in [0.05, 0.1) is 5.97 Å². The molecule has 0 atom stereocenters. The molecule has 21 heavy (non-hydrogen) atoms. The minimum absolute atomic E-state index is 0.0189. The van der Waals surface area contributed by atoms with Gasteiger partial charge < -0.3 is 15.2 Å². The van der Waals surface area contributed by atoms with Crippen LogP contribution in [-0.2, 0) is 4.79 Å². The maximum atomic E-state index is 11.8. The molecule has 4 nitrogen and oxygen atoms in total. The van der Waals surface area contributed by atoms with E-state index in [-0.39, 0.29) is 11.5 Å². The predicted octanol–water partition coefficient (Wildman–Crippen LogP) is 3.13. The molecule has 4 heteroatoms. The molecule has 1 rings (SSSR count). The van der Waals surface area contributed by atoms with E-state index in [4.69, 9.17) is 0 Å². The Morgan fingerprint density at radius 2 is 1.62 bits per heavy atom. The van der Waals surface area contributed by atoms with Crippen LogP contribution < -0.4 is 10.4 Å². The first-order chi connectivity index (χ1) is 10.1. The minimum atomic E-state index is -1.28. The molecule has 0 heterocycles. The van der Waals surface area contributed by atoms with Crippen LogP contribution in [0.15, 0.2) is 24.3 Å². The second-order valence-corrected chi connectivity index (χ2v) is 5.25. The lowest BCUT2D eigenvalue weighted by atomic mass is 10.1. The second-order valence-electron chi connectivity index (χ2n) is 5.25. The van der Waals surface area contributed by atoms with Crippen LogP contribution in [0.25, 0.3) is 0 Å². The summed E-state index contributed by atoms with van der Waals surface area (Å²) in [5.41, 5.74) is 0.330. The number of carbonyl (C=O) groups is 2. The van der Waals surface area contributed by atoms with Gasteiger partial charge in [0.15, 0.2) is 0 Å². The van der Waals surface area contributed by atoms with E-state index in [0.717, 1.165) is 19.3 Å². The van der Waals surface area contributed by atoms with Crippen LogP contribution in [0.5, 0.6) is 0 Å². The van der Waals surface area contributed by atoms with E-state index in [1.807, 2.05) is 0 Å². The zero-order valence-corrected chi connectivity index (χ0v) is 12.7. The van der Waals surface area contributed by atoms with Crippen molar-refractivity contribution in [1.82, 2.24) is 0 Å². The number of hydrogen-bond donors (Lipinski definition) is 1. The lowest BCUT2D eigenvalue weighted by Crippen LogP contribution is -2.24. The monoisotopic (exact) mass is 290 g/mol. The van der Waals surface area contributed by atoms with Gasteiger partial charge in [-0.2, -0.15) is 0 Å². The number of anilines is 1. The summed E-state index contributed by atoms with van der Waals surface area (Å²) in [6, 6.07) is 6.30. The number of hydrogen-bond acceptors (Lipinski definition) is 3. The van der Waals surface area contributed by atoms with Gasteiger partial charge in [-0.25, -0.2) is 0 Å². The van der Waals surface area contributed by atoms with E-state index in [1.165, 1.54) is 31.7 Å². The number of aromatic carboxylic acids is 1. The Kier molecular flexibility index (Phi) is 8.17. The summed E-state index contributed by atoms with van der Waals surface area (Å²) in [5.74, 6) is -1.42. The first-order valence-electron chi connectivity index (χ1n) is 7.75. The van der Waals surface area contributed by atoms with Crippen LogP contribution in [0, 0.1) is 0 Å². The van der Waals surface area contributed by atoms with Gasteiger partial charge in [0.2, 0.25) is 5.91 Å². The number of amides is 1. The maximum absolute atomic E-state index is 11.8. The Labute approximate surface area is 126 Å². The SMILES string of the molecule is CCCCCCCCCC(=O)Nc1ccccc1C(=O)[O-]. The topological polar surface area (TPSA) is 69.2 Å². The van der Waals surface area contributed by atoms with Crippen molar-refractivity contribution in [3.05, 3.63) is 29.8 Å². The van der Waals surface area contributed by atoms with Crippen LogP contribution in [0.3, 0.4) is 0 Å². The highest BCUT2D eigenvalue weighted by Crippen LogP contribution is 2.15.